The second kappa shape index (κ2) is 7.52. The maximum Gasteiger partial charge on any atom is 0.249 e. The van der Waals surface area contributed by atoms with E-state index >= 15 is 0 Å². The quantitative estimate of drug-likeness (QED) is 0.704. The van der Waals surface area contributed by atoms with E-state index in [-0.39, 0.29) is 17.5 Å². The zero-order chi connectivity index (χ0) is 17.6. The van der Waals surface area contributed by atoms with E-state index in [0.717, 1.165) is 23.6 Å². The summed E-state index contributed by atoms with van der Waals surface area (Å²) in [7, 11) is 0. The van der Waals surface area contributed by atoms with E-state index in [1.54, 1.807) is 24.3 Å². The summed E-state index contributed by atoms with van der Waals surface area (Å²) < 4.78 is 32.7. The normalized spacial score (nSPS) is 10.4. The van der Waals surface area contributed by atoms with Gasteiger partial charge in [0.25, 0.3) is 0 Å². The lowest BCUT2D eigenvalue weighted by molar-refractivity contribution is 0.340. The minimum absolute atomic E-state index is 0.160. The summed E-state index contributed by atoms with van der Waals surface area (Å²) in [4.78, 5) is 4.14. The van der Waals surface area contributed by atoms with Crippen LogP contribution >= 0.6 is 0 Å². The number of para-hydroxylation sites is 1. The fourth-order valence-corrected chi connectivity index (χ4v) is 2.09. The van der Waals surface area contributed by atoms with Crippen molar-refractivity contribution >= 4 is 23.1 Å². The van der Waals surface area contributed by atoms with Crippen molar-refractivity contribution in [1.29, 1.82) is 0 Å². The van der Waals surface area contributed by atoms with Crippen molar-refractivity contribution < 1.29 is 13.5 Å². The smallest absolute Gasteiger partial charge is 0.249 e. The molecule has 0 bridgehead atoms. The van der Waals surface area contributed by atoms with Crippen LogP contribution in [0.5, 0.6) is 5.75 Å². The van der Waals surface area contributed by atoms with E-state index in [9.17, 15) is 8.78 Å². The lowest BCUT2D eigenvalue weighted by atomic mass is 10.3. The molecule has 3 rings (SSSR count). The standard InChI is InChI=1S/C17H15F2N5O/c1-2-25-12-8-6-11(7-9-12)21-17-23-15(10-20-24-17)22-16-13(18)4-3-5-14(16)19/h3-10H,2H2,1H3,(H2,21,22,23,24). The van der Waals surface area contributed by atoms with Gasteiger partial charge >= 0.3 is 0 Å². The molecular formula is C17H15F2N5O. The van der Waals surface area contributed by atoms with Crippen LogP contribution < -0.4 is 15.4 Å². The van der Waals surface area contributed by atoms with Gasteiger partial charge in [-0.05, 0) is 43.3 Å². The summed E-state index contributed by atoms with van der Waals surface area (Å²) in [6, 6.07) is 10.8. The van der Waals surface area contributed by atoms with E-state index in [2.05, 4.69) is 25.8 Å². The number of ether oxygens (including phenoxy) is 1. The molecule has 2 N–H and O–H groups in total. The van der Waals surface area contributed by atoms with Crippen molar-refractivity contribution in [2.75, 3.05) is 17.2 Å². The Morgan fingerprint density at radius 3 is 2.40 bits per heavy atom. The van der Waals surface area contributed by atoms with E-state index in [4.69, 9.17) is 4.74 Å². The highest BCUT2D eigenvalue weighted by Crippen LogP contribution is 2.23. The number of nitrogens with zero attached hydrogens (tertiary/aromatic N) is 3. The number of hydrogen-bond acceptors (Lipinski definition) is 6. The van der Waals surface area contributed by atoms with Gasteiger partial charge in [-0.2, -0.15) is 10.1 Å². The molecule has 0 radical (unpaired) electrons. The second-order valence-corrected chi connectivity index (χ2v) is 4.97. The average molecular weight is 343 g/mol. The zero-order valence-corrected chi connectivity index (χ0v) is 13.3. The second-order valence-electron chi connectivity index (χ2n) is 4.97. The van der Waals surface area contributed by atoms with Crippen LogP contribution in [0.1, 0.15) is 6.92 Å². The average Bonchev–Trinajstić information content (AvgIpc) is 2.61. The molecule has 0 atom stereocenters. The Bertz CT molecular complexity index is 838. The lowest BCUT2D eigenvalue weighted by Gasteiger charge is -2.09. The Balaban J connectivity index is 1.75. The molecule has 0 fully saturated rings. The van der Waals surface area contributed by atoms with Gasteiger partial charge in [-0.15, -0.1) is 5.10 Å². The molecule has 25 heavy (non-hydrogen) atoms. The Morgan fingerprint density at radius 2 is 1.72 bits per heavy atom. The van der Waals surface area contributed by atoms with Gasteiger partial charge in [0.15, 0.2) is 5.82 Å². The van der Waals surface area contributed by atoms with Crippen molar-refractivity contribution in [3.63, 3.8) is 0 Å². The molecular weight excluding hydrogens is 328 g/mol. The van der Waals surface area contributed by atoms with Crippen molar-refractivity contribution in [3.05, 3.63) is 60.3 Å². The third kappa shape index (κ3) is 4.17. The first-order chi connectivity index (χ1) is 12.2. The van der Waals surface area contributed by atoms with Crippen molar-refractivity contribution in [3.8, 4) is 5.75 Å². The van der Waals surface area contributed by atoms with Crippen LogP contribution in [-0.2, 0) is 0 Å². The first kappa shape index (κ1) is 16.6. The van der Waals surface area contributed by atoms with Crippen LogP contribution in [0, 0.1) is 11.6 Å². The maximum atomic E-state index is 13.7. The number of rotatable bonds is 6. The lowest BCUT2D eigenvalue weighted by Crippen LogP contribution is -2.04. The minimum atomic E-state index is -0.723. The maximum absolute atomic E-state index is 13.7. The number of anilines is 4. The van der Waals surface area contributed by atoms with Gasteiger partial charge in [0, 0.05) is 5.69 Å². The molecule has 2 aromatic carbocycles. The van der Waals surface area contributed by atoms with E-state index in [1.165, 1.54) is 12.3 Å². The van der Waals surface area contributed by atoms with Gasteiger partial charge in [0.05, 0.1) is 12.8 Å². The highest BCUT2D eigenvalue weighted by molar-refractivity contribution is 5.59. The van der Waals surface area contributed by atoms with Crippen molar-refractivity contribution in [2.24, 2.45) is 0 Å². The largest absolute Gasteiger partial charge is 0.494 e. The van der Waals surface area contributed by atoms with E-state index in [1.807, 2.05) is 6.92 Å². The highest BCUT2D eigenvalue weighted by atomic mass is 19.1. The van der Waals surface area contributed by atoms with Crippen molar-refractivity contribution in [2.45, 2.75) is 6.92 Å². The third-order valence-corrected chi connectivity index (χ3v) is 3.20. The molecule has 1 heterocycles. The molecule has 6 nitrogen and oxygen atoms in total. The molecule has 0 saturated heterocycles. The van der Waals surface area contributed by atoms with Gasteiger partial charge in [0.2, 0.25) is 5.95 Å². The molecule has 0 unspecified atom stereocenters. The topological polar surface area (TPSA) is 72.0 Å². The molecule has 0 spiro atoms. The van der Waals surface area contributed by atoms with Crippen LogP contribution in [0.3, 0.4) is 0 Å². The van der Waals surface area contributed by atoms with Gasteiger partial charge in [-0.3, -0.25) is 0 Å². The number of halogens is 2. The van der Waals surface area contributed by atoms with Gasteiger partial charge < -0.3 is 15.4 Å². The first-order valence-electron chi connectivity index (χ1n) is 7.56. The molecule has 0 aliphatic carbocycles. The fourth-order valence-electron chi connectivity index (χ4n) is 2.09. The summed E-state index contributed by atoms with van der Waals surface area (Å²) in [6.07, 6.45) is 1.27. The predicted octanol–water partition coefficient (Wildman–Crippen LogP) is 4.04. The van der Waals surface area contributed by atoms with Crippen LogP contribution in [0.15, 0.2) is 48.7 Å². The number of hydrogen-bond donors (Lipinski definition) is 2. The summed E-state index contributed by atoms with van der Waals surface area (Å²) in [5, 5.41) is 13.2. The summed E-state index contributed by atoms with van der Waals surface area (Å²) in [5.41, 5.74) is 0.425. The molecule has 0 aliphatic heterocycles. The first-order valence-corrected chi connectivity index (χ1v) is 7.56. The molecule has 128 valence electrons. The monoisotopic (exact) mass is 343 g/mol. The highest BCUT2D eigenvalue weighted by Gasteiger charge is 2.10. The van der Waals surface area contributed by atoms with Crippen LogP contribution in [0.2, 0.25) is 0 Å². The number of nitrogens with one attached hydrogen (secondary N) is 2. The molecule has 0 saturated carbocycles. The van der Waals surface area contributed by atoms with Crippen LogP contribution in [0.25, 0.3) is 0 Å². The summed E-state index contributed by atoms with van der Waals surface area (Å²) in [6.45, 7) is 2.49. The Morgan fingerprint density at radius 1 is 1.00 bits per heavy atom. The summed E-state index contributed by atoms with van der Waals surface area (Å²) in [5.74, 6) is -0.352. The molecule has 8 heteroatoms. The molecule has 1 aromatic heterocycles. The SMILES string of the molecule is CCOc1ccc(Nc2nncc(Nc3c(F)cccc3F)n2)cc1. The third-order valence-electron chi connectivity index (χ3n) is 3.20. The van der Waals surface area contributed by atoms with Crippen molar-refractivity contribution in [1.82, 2.24) is 15.2 Å². The van der Waals surface area contributed by atoms with E-state index in [0.29, 0.717) is 6.61 Å². The fraction of sp³-hybridized carbons (Fsp3) is 0.118. The summed E-state index contributed by atoms with van der Waals surface area (Å²) >= 11 is 0. The van der Waals surface area contributed by atoms with Crippen LogP contribution in [0.4, 0.5) is 31.9 Å². The Hall–Kier alpha value is -3.29. The van der Waals surface area contributed by atoms with Gasteiger partial charge in [0.1, 0.15) is 23.1 Å². The number of aromatic nitrogens is 3. The molecule has 0 amide bonds. The van der Waals surface area contributed by atoms with Gasteiger partial charge in [-0.1, -0.05) is 6.07 Å². The Labute approximate surface area is 142 Å². The van der Waals surface area contributed by atoms with Crippen LogP contribution in [-0.4, -0.2) is 21.8 Å². The Kier molecular flexibility index (Phi) is 4.98. The molecule has 3 aromatic rings. The minimum Gasteiger partial charge on any atom is -0.494 e. The van der Waals surface area contributed by atoms with E-state index < -0.39 is 11.6 Å². The molecule has 0 aliphatic rings. The predicted molar refractivity (Wildman–Crippen MR) is 90.4 cm³/mol. The zero-order valence-electron chi connectivity index (χ0n) is 13.3. The number of benzene rings is 2. The van der Waals surface area contributed by atoms with Gasteiger partial charge in [-0.25, -0.2) is 8.78 Å².